The van der Waals surface area contributed by atoms with Crippen LogP contribution in [0.25, 0.3) is 0 Å². The van der Waals surface area contributed by atoms with E-state index in [-0.39, 0.29) is 29.8 Å². The summed E-state index contributed by atoms with van der Waals surface area (Å²) >= 11 is 1.33. The number of halogens is 3. The molecule has 2 rings (SSSR count). The monoisotopic (exact) mass is 346 g/mol. The van der Waals surface area contributed by atoms with Crippen molar-refractivity contribution in [2.75, 3.05) is 17.7 Å². The van der Waals surface area contributed by atoms with E-state index < -0.39 is 23.7 Å². The molecular formula is C15H17F3N2O2S. The zero-order valence-corrected chi connectivity index (χ0v) is 13.5. The number of hydrogen-bond acceptors (Lipinski definition) is 3. The van der Waals surface area contributed by atoms with Gasteiger partial charge in [0.15, 0.2) is 0 Å². The molecule has 1 heterocycles. The Labute approximate surface area is 136 Å². The summed E-state index contributed by atoms with van der Waals surface area (Å²) in [6.45, 7) is 1.85. The van der Waals surface area contributed by atoms with E-state index in [0.29, 0.717) is 0 Å². The van der Waals surface area contributed by atoms with Crippen LogP contribution in [0.5, 0.6) is 0 Å². The van der Waals surface area contributed by atoms with Gasteiger partial charge in [0.05, 0.1) is 16.5 Å². The molecule has 1 N–H and O–H groups in total. The van der Waals surface area contributed by atoms with Crippen molar-refractivity contribution in [3.63, 3.8) is 0 Å². The lowest BCUT2D eigenvalue weighted by Crippen LogP contribution is -2.44. The van der Waals surface area contributed by atoms with Crippen LogP contribution in [0.4, 0.5) is 18.9 Å². The predicted octanol–water partition coefficient (Wildman–Crippen LogP) is 2.68. The molecule has 2 atom stereocenters. The summed E-state index contributed by atoms with van der Waals surface area (Å²) in [5.74, 6) is -0.801. The highest BCUT2D eigenvalue weighted by molar-refractivity contribution is 7.99. The average Bonchev–Trinajstić information content (AvgIpc) is 2.86. The Morgan fingerprint density at radius 2 is 2.04 bits per heavy atom. The molecule has 126 valence electrons. The van der Waals surface area contributed by atoms with Crippen LogP contribution in [0.1, 0.15) is 18.9 Å². The molecule has 4 nitrogen and oxygen atoms in total. The molecular weight excluding hydrogens is 329 g/mol. The molecule has 2 unspecified atom stereocenters. The van der Waals surface area contributed by atoms with Crippen LogP contribution in [0.15, 0.2) is 24.3 Å². The third-order valence-electron chi connectivity index (χ3n) is 3.75. The summed E-state index contributed by atoms with van der Waals surface area (Å²) in [7, 11) is 0. The largest absolute Gasteiger partial charge is 0.418 e. The number of alkyl halides is 3. The standard InChI is InChI=1S/C15H17F3N2O2S/c1-9(23-2)13(21)19-11-7-8-20(14(11)22)12-6-4-3-5-10(12)15(16,17)18/h3-6,9,11H,7-8H2,1-2H3,(H,19,21). The van der Waals surface area contributed by atoms with Crippen LogP contribution in [0.2, 0.25) is 0 Å². The van der Waals surface area contributed by atoms with Gasteiger partial charge in [0, 0.05) is 6.54 Å². The number of amides is 2. The van der Waals surface area contributed by atoms with E-state index in [9.17, 15) is 22.8 Å². The van der Waals surface area contributed by atoms with Crippen molar-refractivity contribution >= 4 is 29.3 Å². The van der Waals surface area contributed by atoms with Crippen LogP contribution in [0, 0.1) is 0 Å². The van der Waals surface area contributed by atoms with E-state index in [1.807, 2.05) is 0 Å². The van der Waals surface area contributed by atoms with Crippen LogP contribution in [-0.4, -0.2) is 35.9 Å². The first-order valence-corrected chi connectivity index (χ1v) is 8.35. The molecule has 23 heavy (non-hydrogen) atoms. The highest BCUT2D eigenvalue weighted by Crippen LogP contribution is 2.37. The van der Waals surface area contributed by atoms with E-state index in [2.05, 4.69) is 5.32 Å². The fraction of sp³-hybridized carbons (Fsp3) is 0.467. The number of nitrogens with one attached hydrogen (secondary N) is 1. The SMILES string of the molecule is CSC(C)C(=O)NC1CCN(c2ccccc2C(F)(F)F)C1=O. The van der Waals surface area contributed by atoms with Crippen molar-refractivity contribution < 1.29 is 22.8 Å². The van der Waals surface area contributed by atoms with Crippen molar-refractivity contribution in [1.29, 1.82) is 0 Å². The number of hydrogen-bond donors (Lipinski definition) is 1. The maximum absolute atomic E-state index is 13.1. The summed E-state index contributed by atoms with van der Waals surface area (Å²) in [5.41, 5.74) is -1.02. The van der Waals surface area contributed by atoms with Crippen molar-refractivity contribution in [2.24, 2.45) is 0 Å². The summed E-state index contributed by atoms with van der Waals surface area (Å²) in [4.78, 5) is 25.3. The molecule has 1 aromatic rings. The van der Waals surface area contributed by atoms with Gasteiger partial charge in [-0.2, -0.15) is 24.9 Å². The third kappa shape index (κ3) is 3.80. The van der Waals surface area contributed by atoms with Gasteiger partial charge in [-0.05, 0) is 31.7 Å². The Kier molecular flexibility index (Phi) is 5.23. The highest BCUT2D eigenvalue weighted by Gasteiger charge is 2.40. The van der Waals surface area contributed by atoms with Crippen molar-refractivity contribution in [1.82, 2.24) is 5.32 Å². The first-order chi connectivity index (χ1) is 10.8. The highest BCUT2D eigenvalue weighted by atomic mass is 32.2. The fourth-order valence-corrected chi connectivity index (χ4v) is 2.68. The third-order valence-corrected chi connectivity index (χ3v) is 4.67. The Bertz CT molecular complexity index is 607. The normalized spacial score (nSPS) is 19.8. The zero-order valence-electron chi connectivity index (χ0n) is 12.7. The van der Waals surface area contributed by atoms with Gasteiger partial charge in [0.25, 0.3) is 0 Å². The first kappa shape index (κ1) is 17.7. The van der Waals surface area contributed by atoms with Gasteiger partial charge in [-0.25, -0.2) is 0 Å². The Hall–Kier alpha value is -1.70. The minimum absolute atomic E-state index is 0.143. The second-order valence-electron chi connectivity index (χ2n) is 5.23. The molecule has 8 heteroatoms. The maximum atomic E-state index is 13.1. The summed E-state index contributed by atoms with van der Waals surface area (Å²) < 4.78 is 39.2. The smallest absolute Gasteiger partial charge is 0.343 e. The lowest BCUT2D eigenvalue weighted by Gasteiger charge is -2.22. The second-order valence-corrected chi connectivity index (χ2v) is 6.41. The summed E-state index contributed by atoms with van der Waals surface area (Å²) in [6, 6.07) is 4.18. The number of anilines is 1. The van der Waals surface area contributed by atoms with Gasteiger partial charge >= 0.3 is 6.18 Å². The second kappa shape index (κ2) is 6.82. The van der Waals surface area contributed by atoms with Gasteiger partial charge < -0.3 is 10.2 Å². The van der Waals surface area contributed by atoms with E-state index in [1.54, 1.807) is 13.2 Å². The van der Waals surface area contributed by atoms with Gasteiger partial charge in [-0.15, -0.1) is 0 Å². The topological polar surface area (TPSA) is 49.4 Å². The van der Waals surface area contributed by atoms with Crippen molar-refractivity contribution in [2.45, 2.75) is 30.8 Å². The molecule has 0 saturated carbocycles. The lowest BCUT2D eigenvalue weighted by atomic mass is 10.1. The van der Waals surface area contributed by atoms with Gasteiger partial charge in [-0.3, -0.25) is 9.59 Å². The van der Waals surface area contributed by atoms with Gasteiger partial charge in [-0.1, -0.05) is 12.1 Å². The van der Waals surface area contributed by atoms with Gasteiger partial charge in [0.2, 0.25) is 11.8 Å². The van der Waals surface area contributed by atoms with Crippen LogP contribution >= 0.6 is 11.8 Å². The van der Waals surface area contributed by atoms with E-state index >= 15 is 0 Å². The number of carbonyl (C=O) groups excluding carboxylic acids is 2. The van der Waals surface area contributed by atoms with E-state index in [1.165, 1.54) is 30.0 Å². The van der Waals surface area contributed by atoms with Crippen molar-refractivity contribution in [3.05, 3.63) is 29.8 Å². The molecule has 1 saturated heterocycles. The van der Waals surface area contributed by atoms with Crippen LogP contribution in [-0.2, 0) is 15.8 Å². The fourth-order valence-electron chi connectivity index (χ4n) is 2.40. The summed E-state index contributed by atoms with van der Waals surface area (Å²) in [6.07, 6.45) is -2.48. The van der Waals surface area contributed by atoms with E-state index in [4.69, 9.17) is 0 Å². The first-order valence-electron chi connectivity index (χ1n) is 7.06. The predicted molar refractivity (Wildman–Crippen MR) is 83.3 cm³/mol. The molecule has 1 aromatic carbocycles. The van der Waals surface area contributed by atoms with Crippen molar-refractivity contribution in [3.8, 4) is 0 Å². The number of rotatable bonds is 4. The molecule has 0 bridgehead atoms. The Morgan fingerprint density at radius 1 is 1.39 bits per heavy atom. The Morgan fingerprint density at radius 3 is 2.65 bits per heavy atom. The van der Waals surface area contributed by atoms with Crippen LogP contribution in [0.3, 0.4) is 0 Å². The number of para-hydroxylation sites is 1. The number of thioether (sulfide) groups is 1. The number of nitrogens with zero attached hydrogens (tertiary/aromatic N) is 1. The molecule has 0 aromatic heterocycles. The summed E-state index contributed by atoms with van der Waals surface area (Å²) in [5, 5.41) is 2.28. The Balaban J connectivity index is 2.19. The molecule has 0 spiro atoms. The number of carbonyl (C=O) groups is 2. The minimum Gasteiger partial charge on any atom is -0.343 e. The zero-order chi connectivity index (χ0) is 17.2. The lowest BCUT2D eigenvalue weighted by molar-refractivity contribution is -0.137. The average molecular weight is 346 g/mol. The molecule has 1 aliphatic heterocycles. The minimum atomic E-state index is -4.54. The molecule has 0 aliphatic carbocycles. The van der Waals surface area contributed by atoms with Gasteiger partial charge in [0.1, 0.15) is 6.04 Å². The molecule has 1 aliphatic rings. The molecule has 2 amide bonds. The maximum Gasteiger partial charge on any atom is 0.418 e. The number of benzene rings is 1. The van der Waals surface area contributed by atoms with Crippen LogP contribution < -0.4 is 10.2 Å². The molecule has 1 fully saturated rings. The van der Waals surface area contributed by atoms with E-state index in [0.717, 1.165) is 11.0 Å². The molecule has 0 radical (unpaired) electrons. The quantitative estimate of drug-likeness (QED) is 0.912.